The van der Waals surface area contributed by atoms with Crippen LogP contribution in [0.4, 0.5) is 0 Å². The Morgan fingerprint density at radius 3 is 2.52 bits per heavy atom. The minimum Gasteiger partial charge on any atom is -0.507 e. The summed E-state index contributed by atoms with van der Waals surface area (Å²) in [6, 6.07) is 12.8. The molecule has 0 bridgehead atoms. The highest BCUT2D eigenvalue weighted by molar-refractivity contribution is 5.42. The number of furan rings is 1. The number of aromatic hydroxyl groups is 1. The Morgan fingerprint density at radius 1 is 1.19 bits per heavy atom. The van der Waals surface area contributed by atoms with Crippen molar-refractivity contribution in [2.75, 3.05) is 20.2 Å². The number of rotatable bonds is 6. The number of likely N-dealkylation sites (tertiary alicyclic amines) is 1. The lowest BCUT2D eigenvalue weighted by molar-refractivity contribution is 0.154. The molecule has 164 valence electrons. The summed E-state index contributed by atoms with van der Waals surface area (Å²) in [5, 5.41) is 10.9. The number of benzene rings is 1. The van der Waals surface area contributed by atoms with Crippen LogP contribution < -0.4 is 10.3 Å². The molecule has 1 saturated heterocycles. The van der Waals surface area contributed by atoms with Crippen LogP contribution in [-0.2, 0) is 6.54 Å². The van der Waals surface area contributed by atoms with Crippen LogP contribution in [0.15, 0.2) is 57.9 Å². The molecule has 0 amide bonds. The van der Waals surface area contributed by atoms with E-state index in [1.807, 2.05) is 43.3 Å². The zero-order valence-electron chi connectivity index (χ0n) is 18.4. The highest BCUT2D eigenvalue weighted by atomic mass is 16.5. The molecule has 0 radical (unpaired) electrons. The van der Waals surface area contributed by atoms with E-state index in [1.165, 1.54) is 0 Å². The SMILES string of the molecule is COc1ccc([C@H](c2c(O)cc(C)n(Cc3ccco3)c2=O)N2CCC(C)CC2)cc1. The number of hydrogen-bond acceptors (Lipinski definition) is 5. The van der Waals surface area contributed by atoms with Crippen LogP contribution in [0, 0.1) is 12.8 Å². The second-order valence-electron chi connectivity index (χ2n) is 8.45. The van der Waals surface area contributed by atoms with Crippen molar-refractivity contribution in [3.8, 4) is 11.5 Å². The third kappa shape index (κ3) is 4.39. The average molecular weight is 423 g/mol. The van der Waals surface area contributed by atoms with Crippen molar-refractivity contribution in [3.63, 3.8) is 0 Å². The lowest BCUT2D eigenvalue weighted by atomic mass is 9.92. The molecule has 1 atom stereocenters. The molecule has 0 unspecified atom stereocenters. The number of pyridine rings is 1. The Kier molecular flexibility index (Phi) is 6.18. The van der Waals surface area contributed by atoms with Gasteiger partial charge in [0.25, 0.3) is 5.56 Å². The molecule has 3 aromatic rings. The van der Waals surface area contributed by atoms with E-state index in [0.29, 0.717) is 29.5 Å². The Balaban J connectivity index is 1.82. The molecule has 2 aromatic heterocycles. The second kappa shape index (κ2) is 9.02. The van der Waals surface area contributed by atoms with Gasteiger partial charge in [-0.25, -0.2) is 0 Å². The van der Waals surface area contributed by atoms with Crippen molar-refractivity contribution in [2.45, 2.75) is 39.3 Å². The van der Waals surface area contributed by atoms with E-state index in [2.05, 4.69) is 11.8 Å². The monoisotopic (exact) mass is 422 g/mol. The van der Waals surface area contributed by atoms with Crippen molar-refractivity contribution in [2.24, 2.45) is 5.92 Å². The van der Waals surface area contributed by atoms with Gasteiger partial charge in [-0.1, -0.05) is 19.1 Å². The van der Waals surface area contributed by atoms with E-state index >= 15 is 0 Å². The molecule has 1 N–H and O–H groups in total. The van der Waals surface area contributed by atoms with Gasteiger partial charge < -0.3 is 18.8 Å². The molecule has 0 saturated carbocycles. The molecule has 0 aliphatic carbocycles. The van der Waals surface area contributed by atoms with Crippen LogP contribution in [-0.4, -0.2) is 34.8 Å². The third-order valence-electron chi connectivity index (χ3n) is 6.31. The van der Waals surface area contributed by atoms with Gasteiger partial charge in [0.05, 0.1) is 31.5 Å². The quantitative estimate of drug-likeness (QED) is 0.640. The fraction of sp³-hybridized carbons (Fsp3) is 0.400. The van der Waals surface area contributed by atoms with Gasteiger partial charge >= 0.3 is 0 Å². The van der Waals surface area contributed by atoms with Gasteiger partial charge in [-0.15, -0.1) is 0 Å². The Hall–Kier alpha value is -2.99. The van der Waals surface area contributed by atoms with Gasteiger partial charge in [0.15, 0.2) is 0 Å². The van der Waals surface area contributed by atoms with Crippen molar-refractivity contribution in [1.29, 1.82) is 0 Å². The number of aromatic nitrogens is 1. The highest BCUT2D eigenvalue weighted by Gasteiger charge is 2.31. The number of nitrogens with zero attached hydrogens (tertiary/aromatic N) is 2. The molecule has 1 aromatic carbocycles. The standard InChI is InChI=1S/C25H30N2O4/c1-17-10-12-26(13-11-17)24(19-6-8-20(30-3)9-7-19)23-22(28)15-18(2)27(25(23)29)16-21-5-4-14-31-21/h4-9,14-15,17,24,28H,10-13,16H2,1-3H3/t24-/m1/s1. The summed E-state index contributed by atoms with van der Waals surface area (Å²) in [6.07, 6.45) is 3.74. The van der Waals surface area contributed by atoms with Crippen LogP contribution in [0.1, 0.15) is 48.4 Å². The van der Waals surface area contributed by atoms with E-state index in [1.54, 1.807) is 24.0 Å². The van der Waals surface area contributed by atoms with Gasteiger partial charge in [0.1, 0.15) is 17.3 Å². The van der Waals surface area contributed by atoms with E-state index in [4.69, 9.17) is 9.15 Å². The van der Waals surface area contributed by atoms with Crippen LogP contribution in [0.25, 0.3) is 0 Å². The Bertz CT molecular complexity index is 1060. The van der Waals surface area contributed by atoms with E-state index < -0.39 is 0 Å². The topological polar surface area (TPSA) is 67.8 Å². The number of hydrogen-bond donors (Lipinski definition) is 1. The molecular weight excluding hydrogens is 392 g/mol. The normalized spacial score (nSPS) is 16.4. The van der Waals surface area contributed by atoms with Crippen LogP contribution >= 0.6 is 0 Å². The smallest absolute Gasteiger partial charge is 0.260 e. The molecule has 31 heavy (non-hydrogen) atoms. The second-order valence-corrected chi connectivity index (χ2v) is 8.45. The maximum atomic E-state index is 13.7. The zero-order chi connectivity index (χ0) is 22.0. The predicted molar refractivity (Wildman–Crippen MR) is 120 cm³/mol. The fourth-order valence-corrected chi connectivity index (χ4v) is 4.41. The van der Waals surface area contributed by atoms with Crippen LogP contribution in [0.2, 0.25) is 0 Å². The summed E-state index contributed by atoms with van der Waals surface area (Å²) in [7, 11) is 1.64. The van der Waals surface area contributed by atoms with Crippen LogP contribution in [0.3, 0.4) is 0 Å². The van der Waals surface area contributed by atoms with E-state index in [-0.39, 0.29) is 17.4 Å². The summed E-state index contributed by atoms with van der Waals surface area (Å²) in [6.45, 7) is 6.18. The average Bonchev–Trinajstić information content (AvgIpc) is 3.28. The molecule has 6 heteroatoms. The summed E-state index contributed by atoms with van der Waals surface area (Å²) in [5.41, 5.74) is 1.89. The number of piperidine rings is 1. The molecule has 3 heterocycles. The lowest BCUT2D eigenvalue weighted by Crippen LogP contribution is -2.40. The molecule has 1 aliphatic rings. The Morgan fingerprint density at radius 2 is 1.90 bits per heavy atom. The first kappa shape index (κ1) is 21.2. The zero-order valence-corrected chi connectivity index (χ0v) is 18.4. The van der Waals surface area contributed by atoms with Crippen LogP contribution in [0.5, 0.6) is 11.5 Å². The number of ether oxygens (including phenoxy) is 1. The van der Waals surface area contributed by atoms with Gasteiger partial charge in [-0.3, -0.25) is 9.69 Å². The van der Waals surface area contributed by atoms with Crippen molar-refractivity contribution >= 4 is 0 Å². The molecular formula is C25H30N2O4. The number of aryl methyl sites for hydroxylation is 1. The van der Waals surface area contributed by atoms with E-state index in [9.17, 15) is 9.90 Å². The third-order valence-corrected chi connectivity index (χ3v) is 6.31. The molecule has 6 nitrogen and oxygen atoms in total. The van der Waals surface area contributed by atoms with Crippen molar-refractivity contribution < 1.29 is 14.3 Å². The van der Waals surface area contributed by atoms with Crippen molar-refractivity contribution in [1.82, 2.24) is 9.47 Å². The first-order valence-corrected chi connectivity index (χ1v) is 10.8. The van der Waals surface area contributed by atoms with E-state index in [0.717, 1.165) is 37.2 Å². The first-order chi connectivity index (χ1) is 15.0. The lowest BCUT2D eigenvalue weighted by Gasteiger charge is -2.37. The largest absolute Gasteiger partial charge is 0.507 e. The molecule has 1 aliphatic heterocycles. The summed E-state index contributed by atoms with van der Waals surface area (Å²) < 4.78 is 12.5. The van der Waals surface area contributed by atoms with Gasteiger partial charge in [-0.2, -0.15) is 0 Å². The fourth-order valence-electron chi connectivity index (χ4n) is 4.41. The molecule has 0 spiro atoms. The summed E-state index contributed by atoms with van der Waals surface area (Å²) in [5.74, 6) is 2.17. The van der Waals surface area contributed by atoms with Gasteiger partial charge in [-0.05, 0) is 74.7 Å². The van der Waals surface area contributed by atoms with Gasteiger partial charge in [0.2, 0.25) is 0 Å². The Labute approximate surface area is 182 Å². The minimum absolute atomic E-state index is 0.0395. The maximum Gasteiger partial charge on any atom is 0.260 e. The summed E-state index contributed by atoms with van der Waals surface area (Å²) in [4.78, 5) is 16.0. The van der Waals surface area contributed by atoms with Gasteiger partial charge in [0, 0.05) is 5.69 Å². The highest BCUT2D eigenvalue weighted by Crippen LogP contribution is 2.35. The number of methoxy groups -OCH3 is 1. The molecule has 4 rings (SSSR count). The molecule has 1 fully saturated rings. The minimum atomic E-state index is -0.325. The predicted octanol–water partition coefficient (Wildman–Crippen LogP) is 4.33. The summed E-state index contributed by atoms with van der Waals surface area (Å²) >= 11 is 0. The first-order valence-electron chi connectivity index (χ1n) is 10.8. The maximum absolute atomic E-state index is 13.7. The van der Waals surface area contributed by atoms with Crippen molar-refractivity contribution in [3.05, 3.63) is 81.7 Å².